The molecule has 2 aromatic rings. The van der Waals surface area contributed by atoms with Crippen molar-refractivity contribution < 1.29 is 18.7 Å². The first-order valence-corrected chi connectivity index (χ1v) is 8.97. The fourth-order valence-corrected chi connectivity index (χ4v) is 3.37. The van der Waals surface area contributed by atoms with Crippen molar-refractivity contribution in [2.75, 3.05) is 19.0 Å². The summed E-state index contributed by atoms with van der Waals surface area (Å²) in [6.07, 6.45) is 1.16. The second-order valence-electron chi connectivity index (χ2n) is 6.30. The molecule has 0 aromatic heterocycles. The predicted octanol–water partition coefficient (Wildman–Crippen LogP) is 3.60. The summed E-state index contributed by atoms with van der Waals surface area (Å²) in [6, 6.07) is 9.51. The number of carbonyl (C=O) groups is 2. The number of hydrogen-bond donors (Lipinski definition) is 1. The summed E-state index contributed by atoms with van der Waals surface area (Å²) in [6.45, 7) is 0.416. The summed E-state index contributed by atoms with van der Waals surface area (Å²) in [5, 5.41) is 12.0. The lowest BCUT2D eigenvalue weighted by Gasteiger charge is -2.25. The van der Waals surface area contributed by atoms with Gasteiger partial charge in [-0.05, 0) is 49.2 Å². The van der Waals surface area contributed by atoms with Crippen LogP contribution in [0.2, 0.25) is 5.02 Å². The number of halogens is 2. The summed E-state index contributed by atoms with van der Waals surface area (Å²) in [7, 11) is 1.45. The summed E-state index contributed by atoms with van der Waals surface area (Å²) in [5.41, 5.74) is 0.409. The van der Waals surface area contributed by atoms with Crippen molar-refractivity contribution in [2.24, 2.45) is 0 Å². The zero-order valence-corrected chi connectivity index (χ0v) is 15.8. The summed E-state index contributed by atoms with van der Waals surface area (Å²) >= 11 is 6.01. The van der Waals surface area contributed by atoms with Crippen LogP contribution in [0.1, 0.15) is 28.8 Å². The zero-order valence-electron chi connectivity index (χ0n) is 15.0. The number of ether oxygens (including phenoxy) is 1. The van der Waals surface area contributed by atoms with E-state index in [1.54, 1.807) is 18.2 Å². The molecule has 0 aliphatic carbocycles. The molecule has 2 amide bonds. The van der Waals surface area contributed by atoms with Crippen LogP contribution in [0.3, 0.4) is 0 Å². The molecule has 0 spiro atoms. The van der Waals surface area contributed by atoms with Gasteiger partial charge in [-0.1, -0.05) is 11.6 Å². The van der Waals surface area contributed by atoms with Crippen molar-refractivity contribution in [3.05, 3.63) is 58.4 Å². The number of anilines is 1. The molecule has 6 nitrogen and oxygen atoms in total. The molecule has 28 heavy (non-hydrogen) atoms. The number of likely N-dealkylation sites (tertiary alicyclic amines) is 1. The van der Waals surface area contributed by atoms with Gasteiger partial charge in [-0.2, -0.15) is 5.26 Å². The van der Waals surface area contributed by atoms with Crippen LogP contribution >= 0.6 is 11.6 Å². The minimum absolute atomic E-state index is 0.166. The highest BCUT2D eigenvalue weighted by Gasteiger charge is 2.35. The highest BCUT2D eigenvalue weighted by molar-refractivity contribution is 6.31. The van der Waals surface area contributed by atoms with E-state index >= 15 is 0 Å². The first-order valence-electron chi connectivity index (χ1n) is 8.59. The number of benzene rings is 2. The Hall–Kier alpha value is -3.11. The predicted molar refractivity (Wildman–Crippen MR) is 102 cm³/mol. The van der Waals surface area contributed by atoms with Gasteiger partial charge in [0, 0.05) is 17.3 Å². The molecule has 0 radical (unpaired) electrons. The van der Waals surface area contributed by atoms with Crippen molar-refractivity contribution >= 4 is 29.1 Å². The molecule has 1 saturated heterocycles. The number of hydrogen-bond acceptors (Lipinski definition) is 4. The van der Waals surface area contributed by atoms with E-state index in [1.165, 1.54) is 30.2 Å². The van der Waals surface area contributed by atoms with E-state index in [0.29, 0.717) is 35.8 Å². The third-order valence-electron chi connectivity index (χ3n) is 4.56. The summed E-state index contributed by atoms with van der Waals surface area (Å²) in [5.74, 6) is -1.04. The fraction of sp³-hybridized carbons (Fsp3) is 0.250. The van der Waals surface area contributed by atoms with E-state index in [-0.39, 0.29) is 17.0 Å². The second kappa shape index (κ2) is 8.28. The molecule has 1 heterocycles. The van der Waals surface area contributed by atoms with Gasteiger partial charge >= 0.3 is 0 Å². The van der Waals surface area contributed by atoms with Crippen molar-refractivity contribution in [3.8, 4) is 11.8 Å². The largest absolute Gasteiger partial charge is 0.496 e. The van der Waals surface area contributed by atoms with Gasteiger partial charge in [0.2, 0.25) is 5.91 Å². The molecule has 2 aromatic carbocycles. The van der Waals surface area contributed by atoms with E-state index in [9.17, 15) is 14.0 Å². The Kier molecular flexibility index (Phi) is 5.81. The number of methoxy groups -OCH3 is 1. The maximum absolute atomic E-state index is 13.5. The van der Waals surface area contributed by atoms with Gasteiger partial charge in [0.25, 0.3) is 5.91 Å². The minimum atomic E-state index is -0.688. The minimum Gasteiger partial charge on any atom is -0.496 e. The van der Waals surface area contributed by atoms with Crippen LogP contribution in [0, 0.1) is 17.1 Å². The Bertz CT molecular complexity index is 974. The first kappa shape index (κ1) is 19.6. The zero-order chi connectivity index (χ0) is 20.3. The van der Waals surface area contributed by atoms with Crippen LogP contribution in [0.4, 0.5) is 10.1 Å². The number of nitriles is 1. The SMILES string of the molecule is COc1ccc(Cl)cc1C(=O)N1CCCC1C(=O)Nc1ccc(F)c(C#N)c1. The third-order valence-corrected chi connectivity index (χ3v) is 4.80. The highest BCUT2D eigenvalue weighted by Crippen LogP contribution is 2.28. The topological polar surface area (TPSA) is 82.4 Å². The van der Waals surface area contributed by atoms with E-state index < -0.39 is 17.8 Å². The number of amides is 2. The van der Waals surface area contributed by atoms with Crippen LogP contribution < -0.4 is 10.1 Å². The molecule has 1 aliphatic rings. The fourth-order valence-electron chi connectivity index (χ4n) is 3.20. The standard InChI is InChI=1S/C20H17ClFN3O3/c1-28-18-7-4-13(21)10-15(18)20(27)25-8-2-3-17(25)19(26)24-14-5-6-16(22)12(9-14)11-23/h4-7,9-10,17H,2-3,8H2,1H3,(H,24,26). The van der Waals surface area contributed by atoms with Crippen molar-refractivity contribution in [3.63, 3.8) is 0 Å². The Morgan fingerprint density at radius 1 is 1.32 bits per heavy atom. The smallest absolute Gasteiger partial charge is 0.258 e. The summed E-state index contributed by atoms with van der Waals surface area (Å²) in [4.78, 5) is 27.2. The Morgan fingerprint density at radius 2 is 2.11 bits per heavy atom. The lowest BCUT2D eigenvalue weighted by Crippen LogP contribution is -2.43. The molecule has 0 bridgehead atoms. The molecule has 3 rings (SSSR count). The molecule has 1 aliphatic heterocycles. The molecule has 1 unspecified atom stereocenters. The van der Waals surface area contributed by atoms with Crippen LogP contribution in [0.5, 0.6) is 5.75 Å². The van der Waals surface area contributed by atoms with Gasteiger partial charge in [0.05, 0.1) is 18.2 Å². The Balaban J connectivity index is 1.81. The van der Waals surface area contributed by atoms with Crippen molar-refractivity contribution in [2.45, 2.75) is 18.9 Å². The molecule has 1 fully saturated rings. The number of rotatable bonds is 4. The number of nitrogens with one attached hydrogen (secondary N) is 1. The van der Waals surface area contributed by atoms with Gasteiger partial charge in [-0.25, -0.2) is 4.39 Å². The van der Waals surface area contributed by atoms with Crippen LogP contribution in [0.15, 0.2) is 36.4 Å². The molecule has 8 heteroatoms. The van der Waals surface area contributed by atoms with E-state index in [1.807, 2.05) is 0 Å². The average molecular weight is 402 g/mol. The van der Waals surface area contributed by atoms with Crippen LogP contribution in [-0.4, -0.2) is 36.4 Å². The lowest BCUT2D eigenvalue weighted by molar-refractivity contribution is -0.119. The Labute approximate surface area is 166 Å². The number of nitrogens with zero attached hydrogens (tertiary/aromatic N) is 2. The number of carbonyl (C=O) groups excluding carboxylic acids is 2. The lowest BCUT2D eigenvalue weighted by atomic mass is 10.1. The van der Waals surface area contributed by atoms with Gasteiger partial charge in [0.1, 0.15) is 23.7 Å². The molecular weight excluding hydrogens is 385 g/mol. The third kappa shape index (κ3) is 3.92. The highest BCUT2D eigenvalue weighted by atomic mass is 35.5. The van der Waals surface area contributed by atoms with Gasteiger partial charge in [-0.3, -0.25) is 9.59 Å². The monoisotopic (exact) mass is 401 g/mol. The maximum atomic E-state index is 13.5. The van der Waals surface area contributed by atoms with Gasteiger partial charge in [0.15, 0.2) is 0 Å². The molecule has 0 saturated carbocycles. The van der Waals surface area contributed by atoms with E-state index in [4.69, 9.17) is 21.6 Å². The molecule has 144 valence electrons. The van der Waals surface area contributed by atoms with Crippen molar-refractivity contribution in [1.82, 2.24) is 4.90 Å². The van der Waals surface area contributed by atoms with Crippen LogP contribution in [0.25, 0.3) is 0 Å². The second-order valence-corrected chi connectivity index (χ2v) is 6.73. The van der Waals surface area contributed by atoms with E-state index in [2.05, 4.69) is 5.32 Å². The molecule has 1 N–H and O–H groups in total. The average Bonchev–Trinajstić information content (AvgIpc) is 3.18. The molecule has 1 atom stereocenters. The first-order chi connectivity index (χ1) is 13.4. The van der Waals surface area contributed by atoms with Crippen molar-refractivity contribution in [1.29, 1.82) is 5.26 Å². The van der Waals surface area contributed by atoms with Gasteiger partial charge < -0.3 is 15.0 Å². The van der Waals surface area contributed by atoms with E-state index in [0.717, 1.165) is 6.07 Å². The maximum Gasteiger partial charge on any atom is 0.258 e. The Morgan fingerprint density at radius 3 is 2.82 bits per heavy atom. The molecular formula is C20H17ClFN3O3. The normalized spacial score (nSPS) is 15.8. The van der Waals surface area contributed by atoms with Gasteiger partial charge in [-0.15, -0.1) is 0 Å². The van der Waals surface area contributed by atoms with Crippen LogP contribution in [-0.2, 0) is 4.79 Å². The quantitative estimate of drug-likeness (QED) is 0.848. The summed E-state index contributed by atoms with van der Waals surface area (Å²) < 4.78 is 18.7.